The fraction of sp³-hybridized carbons (Fsp3) is 0.105. The van der Waals surface area contributed by atoms with Gasteiger partial charge in [-0.25, -0.2) is 17.5 Å². The molecule has 1 heterocycles. The average molecular weight is 385 g/mol. The molecule has 0 atom stereocenters. The lowest BCUT2D eigenvalue weighted by Crippen LogP contribution is -2.26. The predicted octanol–water partition coefficient (Wildman–Crippen LogP) is 2.83. The first-order valence-electron chi connectivity index (χ1n) is 8.12. The molecule has 0 saturated carbocycles. The first-order chi connectivity index (χ1) is 13.0. The fourth-order valence-electron chi connectivity index (χ4n) is 2.50. The summed E-state index contributed by atoms with van der Waals surface area (Å²) >= 11 is 0. The molecule has 6 nitrogen and oxygen atoms in total. The van der Waals surface area contributed by atoms with E-state index in [1.165, 1.54) is 36.7 Å². The molecule has 3 aromatic rings. The second-order valence-corrected chi connectivity index (χ2v) is 7.48. The zero-order chi connectivity index (χ0) is 19.3. The zero-order valence-corrected chi connectivity index (χ0v) is 15.0. The van der Waals surface area contributed by atoms with Gasteiger partial charge in [-0.15, -0.1) is 0 Å². The molecule has 0 aliphatic heterocycles. The molecular formula is C19H16FN3O3S. The maximum atomic E-state index is 14.1. The number of aromatic nitrogens is 2. The van der Waals surface area contributed by atoms with Crippen molar-refractivity contribution in [2.45, 2.75) is 11.3 Å². The summed E-state index contributed by atoms with van der Waals surface area (Å²) in [5.41, 5.74) is 1.23. The summed E-state index contributed by atoms with van der Waals surface area (Å²) in [7, 11) is -3.71. The Morgan fingerprint density at radius 1 is 1.00 bits per heavy atom. The van der Waals surface area contributed by atoms with Crippen molar-refractivity contribution in [3.8, 4) is 11.1 Å². The second kappa shape index (κ2) is 8.15. The number of halogens is 1. The van der Waals surface area contributed by atoms with Crippen LogP contribution in [0.25, 0.3) is 11.1 Å². The van der Waals surface area contributed by atoms with E-state index in [0.717, 1.165) is 0 Å². The smallest absolute Gasteiger partial charge is 0.240 e. The zero-order valence-electron chi connectivity index (χ0n) is 14.2. The molecule has 8 heteroatoms. The minimum absolute atomic E-state index is 0.0942. The van der Waals surface area contributed by atoms with E-state index in [9.17, 15) is 17.6 Å². The highest BCUT2D eigenvalue weighted by atomic mass is 32.2. The highest BCUT2D eigenvalue weighted by Gasteiger charge is 2.16. The maximum absolute atomic E-state index is 14.1. The summed E-state index contributed by atoms with van der Waals surface area (Å²) in [6, 6.07) is 13.7. The standard InChI is InChI=1S/C19H16FN3O3S/c20-18-7-6-14(15-8-10-21-22-13-15)12-17(18)19(24)9-11-23-27(25,26)16-4-2-1-3-5-16/h1-8,10,12-13,23H,9,11H2. The van der Waals surface area contributed by atoms with Crippen molar-refractivity contribution in [2.24, 2.45) is 0 Å². The monoisotopic (exact) mass is 385 g/mol. The number of nitrogens with zero attached hydrogens (tertiary/aromatic N) is 2. The number of rotatable bonds is 7. The molecule has 0 bridgehead atoms. The summed E-state index contributed by atoms with van der Waals surface area (Å²) in [5, 5.41) is 7.44. The van der Waals surface area contributed by atoms with E-state index >= 15 is 0 Å². The van der Waals surface area contributed by atoms with Gasteiger partial charge in [0.05, 0.1) is 22.9 Å². The van der Waals surface area contributed by atoms with E-state index in [1.54, 1.807) is 30.3 Å². The number of hydrogen-bond acceptors (Lipinski definition) is 5. The van der Waals surface area contributed by atoms with Gasteiger partial charge in [-0.05, 0) is 35.9 Å². The Bertz CT molecular complexity index is 1040. The number of carbonyl (C=O) groups excluding carboxylic acids is 1. The number of benzene rings is 2. The highest BCUT2D eigenvalue weighted by molar-refractivity contribution is 7.89. The van der Waals surface area contributed by atoms with Crippen LogP contribution >= 0.6 is 0 Å². The average Bonchev–Trinajstić information content (AvgIpc) is 2.69. The van der Waals surface area contributed by atoms with Crippen molar-refractivity contribution in [3.63, 3.8) is 0 Å². The molecule has 0 unspecified atom stereocenters. The molecule has 0 radical (unpaired) electrons. The molecule has 2 aromatic carbocycles. The Morgan fingerprint density at radius 3 is 2.48 bits per heavy atom. The van der Waals surface area contributed by atoms with E-state index in [4.69, 9.17) is 0 Å². The second-order valence-electron chi connectivity index (χ2n) is 5.71. The van der Waals surface area contributed by atoms with E-state index < -0.39 is 21.6 Å². The number of ketones is 1. The van der Waals surface area contributed by atoms with Gasteiger partial charge in [-0.2, -0.15) is 10.2 Å². The van der Waals surface area contributed by atoms with Crippen LogP contribution in [0.4, 0.5) is 4.39 Å². The predicted molar refractivity (Wildman–Crippen MR) is 98.0 cm³/mol. The Hall–Kier alpha value is -2.97. The van der Waals surface area contributed by atoms with Crippen LogP contribution in [0.15, 0.2) is 71.9 Å². The van der Waals surface area contributed by atoms with Gasteiger partial charge in [-0.3, -0.25) is 4.79 Å². The third kappa shape index (κ3) is 4.60. The maximum Gasteiger partial charge on any atom is 0.240 e. The first-order valence-corrected chi connectivity index (χ1v) is 9.60. The number of Topliss-reactive ketones (excluding diaryl/α,β-unsaturated/α-hetero) is 1. The minimum atomic E-state index is -3.71. The number of nitrogens with one attached hydrogen (secondary N) is 1. The van der Waals surface area contributed by atoms with Crippen LogP contribution in [0.2, 0.25) is 0 Å². The van der Waals surface area contributed by atoms with Crippen molar-refractivity contribution in [2.75, 3.05) is 6.54 Å². The van der Waals surface area contributed by atoms with Crippen LogP contribution in [0.5, 0.6) is 0 Å². The molecule has 0 amide bonds. The van der Waals surface area contributed by atoms with Gasteiger partial charge in [0.15, 0.2) is 5.78 Å². The van der Waals surface area contributed by atoms with Crippen molar-refractivity contribution in [1.29, 1.82) is 0 Å². The van der Waals surface area contributed by atoms with E-state index in [-0.39, 0.29) is 23.4 Å². The van der Waals surface area contributed by atoms with Gasteiger partial charge in [-0.1, -0.05) is 24.3 Å². The normalized spacial score (nSPS) is 11.3. The van der Waals surface area contributed by atoms with Crippen LogP contribution < -0.4 is 4.72 Å². The molecule has 138 valence electrons. The number of hydrogen-bond donors (Lipinski definition) is 1. The van der Waals surface area contributed by atoms with E-state index in [1.807, 2.05) is 0 Å². The van der Waals surface area contributed by atoms with Crippen LogP contribution in [-0.4, -0.2) is 30.9 Å². The number of carbonyl (C=O) groups is 1. The van der Waals surface area contributed by atoms with Gasteiger partial charge in [0.25, 0.3) is 0 Å². The quantitative estimate of drug-likeness (QED) is 0.632. The summed E-state index contributed by atoms with van der Waals surface area (Å²) in [6.45, 7) is -0.128. The van der Waals surface area contributed by atoms with Gasteiger partial charge in [0.1, 0.15) is 5.82 Å². The summed E-state index contributed by atoms with van der Waals surface area (Å²) in [4.78, 5) is 12.5. The van der Waals surface area contributed by atoms with Gasteiger partial charge >= 0.3 is 0 Å². The molecule has 0 fully saturated rings. The largest absolute Gasteiger partial charge is 0.294 e. The summed E-state index contributed by atoms with van der Waals surface area (Å²) in [6.07, 6.45) is 2.84. The lowest BCUT2D eigenvalue weighted by molar-refractivity contribution is 0.0980. The Balaban J connectivity index is 1.70. The van der Waals surface area contributed by atoms with Crippen LogP contribution in [0.1, 0.15) is 16.8 Å². The summed E-state index contributed by atoms with van der Waals surface area (Å²) in [5.74, 6) is -1.15. The van der Waals surface area contributed by atoms with Crippen molar-refractivity contribution >= 4 is 15.8 Å². The molecular weight excluding hydrogens is 369 g/mol. The van der Waals surface area contributed by atoms with Crippen LogP contribution in [0, 0.1) is 5.82 Å². The Morgan fingerprint density at radius 2 is 1.78 bits per heavy atom. The third-order valence-corrected chi connectivity index (χ3v) is 5.36. The molecule has 0 aliphatic carbocycles. The lowest BCUT2D eigenvalue weighted by Gasteiger charge is -2.08. The Kier molecular flexibility index (Phi) is 5.68. The number of sulfonamides is 1. The molecule has 0 aliphatic rings. The third-order valence-electron chi connectivity index (χ3n) is 3.88. The SMILES string of the molecule is O=C(CCNS(=O)(=O)c1ccccc1)c1cc(-c2ccnnc2)ccc1F. The summed E-state index contributed by atoms with van der Waals surface area (Å²) < 4.78 is 40.7. The molecule has 0 saturated heterocycles. The van der Waals surface area contributed by atoms with Crippen molar-refractivity contribution < 1.29 is 17.6 Å². The van der Waals surface area contributed by atoms with Gasteiger partial charge < -0.3 is 0 Å². The topological polar surface area (TPSA) is 89.0 Å². The van der Waals surface area contributed by atoms with Crippen molar-refractivity contribution in [1.82, 2.24) is 14.9 Å². The van der Waals surface area contributed by atoms with Crippen molar-refractivity contribution in [3.05, 3.63) is 78.4 Å². The van der Waals surface area contributed by atoms with E-state index in [2.05, 4.69) is 14.9 Å². The molecule has 1 N–H and O–H groups in total. The van der Waals surface area contributed by atoms with Gasteiger partial charge in [0, 0.05) is 18.5 Å². The van der Waals surface area contributed by atoms with Crippen LogP contribution in [0.3, 0.4) is 0 Å². The van der Waals surface area contributed by atoms with Gasteiger partial charge in [0.2, 0.25) is 10.0 Å². The molecule has 27 heavy (non-hydrogen) atoms. The Labute approximate surface area is 156 Å². The fourth-order valence-corrected chi connectivity index (χ4v) is 3.55. The lowest BCUT2D eigenvalue weighted by atomic mass is 10.0. The minimum Gasteiger partial charge on any atom is -0.294 e. The molecule has 1 aromatic heterocycles. The van der Waals surface area contributed by atoms with Crippen LogP contribution in [-0.2, 0) is 10.0 Å². The van der Waals surface area contributed by atoms with E-state index in [0.29, 0.717) is 11.1 Å². The molecule has 0 spiro atoms. The highest BCUT2D eigenvalue weighted by Crippen LogP contribution is 2.22. The first kappa shape index (κ1) is 18.8. The molecule has 3 rings (SSSR count).